The van der Waals surface area contributed by atoms with Gasteiger partial charge in [0.1, 0.15) is 6.61 Å². The van der Waals surface area contributed by atoms with Crippen molar-refractivity contribution >= 4 is 19.7 Å². The van der Waals surface area contributed by atoms with Crippen molar-refractivity contribution in [3.05, 3.63) is 35.9 Å². The molecule has 1 aromatic carbocycles. The summed E-state index contributed by atoms with van der Waals surface area (Å²) in [7, 11) is -1.70. The van der Waals surface area contributed by atoms with Crippen LogP contribution in [0.5, 0.6) is 0 Å². The van der Waals surface area contributed by atoms with Crippen LogP contribution in [-0.4, -0.2) is 38.7 Å². The molecule has 1 N–H and O–H groups in total. The van der Waals surface area contributed by atoms with E-state index in [1.54, 1.807) is 31.2 Å². The molecule has 1 atom stereocenters. The number of esters is 1. The second-order valence-corrected chi connectivity index (χ2v) is 6.59. The maximum Gasteiger partial charge on any atom is 0.408 e. The van der Waals surface area contributed by atoms with Crippen molar-refractivity contribution in [2.45, 2.75) is 19.3 Å². The molecule has 1 amide bonds. The topological polar surface area (TPSA) is 100 Å². The van der Waals surface area contributed by atoms with Crippen LogP contribution in [0.15, 0.2) is 30.3 Å². The van der Waals surface area contributed by atoms with Gasteiger partial charge in [-0.25, -0.2) is 9.59 Å². The number of carbonyl (C=O) groups excluding carboxylic acids is 2. The maximum atomic E-state index is 12.4. The zero-order valence-corrected chi connectivity index (χ0v) is 14.1. The number of hydrogen-bond acceptors (Lipinski definition) is 7. The lowest BCUT2D eigenvalue weighted by Gasteiger charge is -2.23. The number of rotatable bonds is 8. The third-order valence-electron chi connectivity index (χ3n) is 2.80. The first-order valence-electron chi connectivity index (χ1n) is 6.81. The van der Waals surface area contributed by atoms with Gasteiger partial charge in [0.25, 0.3) is 0 Å². The first-order valence-corrected chi connectivity index (χ1v) is 8.43. The van der Waals surface area contributed by atoms with Crippen LogP contribution in [0.25, 0.3) is 0 Å². The normalized spacial score (nSPS) is 12.3. The van der Waals surface area contributed by atoms with E-state index in [-0.39, 0.29) is 13.2 Å². The van der Waals surface area contributed by atoms with E-state index in [0.717, 1.165) is 19.8 Å². The van der Waals surface area contributed by atoms with Crippen molar-refractivity contribution in [1.29, 1.82) is 0 Å². The van der Waals surface area contributed by atoms with Crippen LogP contribution in [0.4, 0.5) is 4.79 Å². The Kier molecular flexibility index (Phi) is 7.74. The van der Waals surface area contributed by atoms with Crippen molar-refractivity contribution < 1.29 is 32.7 Å². The lowest BCUT2D eigenvalue weighted by atomic mass is 10.2. The van der Waals surface area contributed by atoms with Gasteiger partial charge in [-0.3, -0.25) is 9.88 Å². The molecule has 0 heterocycles. The summed E-state index contributed by atoms with van der Waals surface area (Å²) in [6.45, 7) is 1.61. The Morgan fingerprint density at radius 3 is 2.26 bits per heavy atom. The highest BCUT2D eigenvalue weighted by Gasteiger charge is 2.42. The minimum absolute atomic E-state index is 0.00746. The molecule has 0 aliphatic carbocycles. The summed E-state index contributed by atoms with van der Waals surface area (Å²) in [6, 6.07) is 8.95. The average molecular weight is 345 g/mol. The molecule has 0 spiro atoms. The Morgan fingerprint density at radius 2 is 1.74 bits per heavy atom. The van der Waals surface area contributed by atoms with Crippen LogP contribution >= 0.6 is 7.60 Å². The fourth-order valence-electron chi connectivity index (χ4n) is 1.65. The number of amides is 1. The predicted molar refractivity (Wildman–Crippen MR) is 81.8 cm³/mol. The minimum Gasteiger partial charge on any atom is -0.464 e. The molecule has 128 valence electrons. The molecule has 0 bridgehead atoms. The number of nitrogens with one attached hydrogen (secondary N) is 1. The van der Waals surface area contributed by atoms with Crippen LogP contribution in [0.3, 0.4) is 0 Å². The molecule has 23 heavy (non-hydrogen) atoms. The summed E-state index contributed by atoms with van der Waals surface area (Å²) in [6.07, 6.45) is -0.943. The van der Waals surface area contributed by atoms with E-state index in [1.165, 1.54) is 0 Å². The van der Waals surface area contributed by atoms with Crippen molar-refractivity contribution in [2.24, 2.45) is 0 Å². The van der Waals surface area contributed by atoms with Gasteiger partial charge in [-0.1, -0.05) is 30.3 Å². The van der Waals surface area contributed by atoms with Gasteiger partial charge < -0.3 is 18.5 Å². The van der Waals surface area contributed by atoms with Crippen LogP contribution in [-0.2, 0) is 34.5 Å². The first-order chi connectivity index (χ1) is 11.0. The summed E-state index contributed by atoms with van der Waals surface area (Å²) in [5.41, 5.74) is 0.761. The molecule has 0 saturated heterocycles. The number of hydrogen-bond donors (Lipinski definition) is 1. The summed E-state index contributed by atoms with van der Waals surface area (Å²) in [4.78, 5) is 23.7. The van der Waals surface area contributed by atoms with Gasteiger partial charge in [0.05, 0.1) is 6.61 Å². The minimum atomic E-state index is -3.91. The van der Waals surface area contributed by atoms with Gasteiger partial charge in [-0.05, 0) is 12.5 Å². The molecule has 0 radical (unpaired) electrons. The molecule has 0 aromatic heterocycles. The zero-order chi connectivity index (χ0) is 17.3. The third-order valence-corrected chi connectivity index (χ3v) is 4.79. The van der Waals surface area contributed by atoms with Gasteiger partial charge >= 0.3 is 19.7 Å². The Balaban J connectivity index is 2.74. The Hall–Kier alpha value is -1.89. The highest BCUT2D eigenvalue weighted by atomic mass is 31.2. The quantitative estimate of drug-likeness (QED) is 0.570. The van der Waals surface area contributed by atoms with Crippen LogP contribution in [0, 0.1) is 0 Å². The second-order valence-electron chi connectivity index (χ2n) is 4.27. The summed E-state index contributed by atoms with van der Waals surface area (Å²) in [5.74, 6) is -2.54. The summed E-state index contributed by atoms with van der Waals surface area (Å²) >= 11 is 0. The Morgan fingerprint density at radius 1 is 1.13 bits per heavy atom. The molecular weight excluding hydrogens is 325 g/mol. The van der Waals surface area contributed by atoms with E-state index in [0.29, 0.717) is 0 Å². The fourth-order valence-corrected chi connectivity index (χ4v) is 2.82. The van der Waals surface area contributed by atoms with Crippen molar-refractivity contribution in [3.63, 3.8) is 0 Å². The standard InChI is InChI=1S/C14H20NO7P/c1-4-21-13(16)12(23(18,19-2)20-3)15-14(17)22-10-11-8-6-5-7-9-11/h5-9,12H,4,10H2,1-3H3,(H,15,17). The molecule has 0 fully saturated rings. The van der Waals surface area contributed by atoms with Gasteiger partial charge in [0.2, 0.25) is 5.78 Å². The van der Waals surface area contributed by atoms with Crippen LogP contribution in [0.2, 0.25) is 0 Å². The molecule has 0 aliphatic rings. The lowest BCUT2D eigenvalue weighted by molar-refractivity contribution is -0.143. The molecule has 0 saturated carbocycles. The van der Waals surface area contributed by atoms with Crippen LogP contribution < -0.4 is 5.32 Å². The van der Waals surface area contributed by atoms with Gasteiger partial charge in [0.15, 0.2) is 0 Å². The smallest absolute Gasteiger partial charge is 0.408 e. The van der Waals surface area contributed by atoms with Crippen molar-refractivity contribution in [1.82, 2.24) is 5.32 Å². The Labute approximate surface area is 134 Å². The fraction of sp³-hybridized carbons (Fsp3) is 0.429. The maximum absolute atomic E-state index is 12.4. The SMILES string of the molecule is CCOC(=O)C(NC(=O)OCc1ccccc1)P(=O)(OC)OC. The van der Waals surface area contributed by atoms with E-state index >= 15 is 0 Å². The second kappa shape index (κ2) is 9.29. The highest BCUT2D eigenvalue weighted by molar-refractivity contribution is 7.55. The number of benzene rings is 1. The van der Waals surface area contributed by atoms with E-state index in [2.05, 4.69) is 5.32 Å². The molecular formula is C14H20NO7P. The monoisotopic (exact) mass is 345 g/mol. The zero-order valence-electron chi connectivity index (χ0n) is 13.2. The average Bonchev–Trinajstić information content (AvgIpc) is 2.58. The number of alkyl carbamates (subject to hydrolysis) is 1. The third kappa shape index (κ3) is 5.67. The number of carbonyl (C=O) groups is 2. The Bertz CT molecular complexity index is 556. The molecule has 1 rings (SSSR count). The van der Waals surface area contributed by atoms with Gasteiger partial charge in [-0.2, -0.15) is 0 Å². The summed E-state index contributed by atoms with van der Waals surface area (Å²) < 4.78 is 31.6. The number of ether oxygens (including phenoxy) is 2. The first kappa shape index (κ1) is 19.2. The molecule has 0 aliphatic heterocycles. The van der Waals surface area contributed by atoms with Crippen LogP contribution in [0.1, 0.15) is 12.5 Å². The van der Waals surface area contributed by atoms with E-state index in [1.807, 2.05) is 6.07 Å². The van der Waals surface area contributed by atoms with Gasteiger partial charge in [0, 0.05) is 14.2 Å². The van der Waals surface area contributed by atoms with Crippen molar-refractivity contribution in [2.75, 3.05) is 20.8 Å². The van der Waals surface area contributed by atoms with Crippen molar-refractivity contribution in [3.8, 4) is 0 Å². The molecule has 8 nitrogen and oxygen atoms in total. The highest BCUT2D eigenvalue weighted by Crippen LogP contribution is 2.50. The molecule has 9 heteroatoms. The van der Waals surface area contributed by atoms with E-state index in [9.17, 15) is 14.2 Å². The van der Waals surface area contributed by atoms with Gasteiger partial charge in [-0.15, -0.1) is 0 Å². The lowest BCUT2D eigenvalue weighted by Crippen LogP contribution is -2.42. The van der Waals surface area contributed by atoms with E-state index < -0.39 is 25.4 Å². The predicted octanol–water partition coefficient (Wildman–Crippen LogP) is 2.29. The largest absolute Gasteiger partial charge is 0.464 e. The van der Waals surface area contributed by atoms with E-state index in [4.69, 9.17) is 18.5 Å². The molecule has 1 unspecified atom stereocenters. The molecule has 1 aromatic rings. The summed E-state index contributed by atoms with van der Waals surface area (Å²) in [5, 5.41) is 2.17.